The van der Waals surface area contributed by atoms with Gasteiger partial charge in [-0.25, -0.2) is 9.07 Å². The number of benzene rings is 2. The number of fused-ring (bicyclic) bond motifs is 2. The highest BCUT2D eigenvalue weighted by atomic mass is 19.1. The van der Waals surface area contributed by atoms with E-state index in [1.54, 1.807) is 12.1 Å². The predicted molar refractivity (Wildman–Crippen MR) is 117 cm³/mol. The second-order valence-corrected chi connectivity index (χ2v) is 9.02. The Morgan fingerprint density at radius 2 is 1.93 bits per heavy atom. The minimum atomic E-state index is -0.322. The maximum atomic E-state index is 13.3. The van der Waals surface area contributed by atoms with Gasteiger partial charge in [-0.2, -0.15) is 5.10 Å². The van der Waals surface area contributed by atoms with E-state index in [9.17, 15) is 9.50 Å². The average Bonchev–Trinajstić information content (AvgIpc) is 3.28. The lowest BCUT2D eigenvalue weighted by molar-refractivity contribution is 0.112. The summed E-state index contributed by atoms with van der Waals surface area (Å²) in [5, 5.41) is 15.4. The van der Waals surface area contributed by atoms with Crippen LogP contribution in [0.4, 0.5) is 4.39 Å². The zero-order valence-corrected chi connectivity index (χ0v) is 17.3. The lowest BCUT2D eigenvalue weighted by Gasteiger charge is -2.37. The summed E-state index contributed by atoms with van der Waals surface area (Å²) in [6, 6.07) is 16.7. The maximum absolute atomic E-state index is 13.3. The van der Waals surface area contributed by atoms with Crippen LogP contribution in [0.25, 0.3) is 11.8 Å². The molecule has 0 amide bonds. The van der Waals surface area contributed by atoms with E-state index < -0.39 is 0 Å². The minimum absolute atomic E-state index is 0.0708. The standard InChI is InChI=1S/C26H27FN2O/c1-26-16-19-17-28-29(23-11-9-22(27)10-12-23)25(19)15-21(26)8-7-20(26)14-24(30)13-18-5-3-2-4-6-18/h2-6,9-12,15,17,20,24,30H,7-8,13-14,16H2,1H3/t20-,24-,26-/m1/s1. The van der Waals surface area contributed by atoms with Crippen molar-refractivity contribution < 1.29 is 9.50 Å². The first-order valence-corrected chi connectivity index (χ1v) is 10.8. The lowest BCUT2D eigenvalue weighted by atomic mass is 9.68. The van der Waals surface area contributed by atoms with E-state index in [2.05, 4.69) is 30.2 Å². The Kier molecular flexibility index (Phi) is 4.82. The molecule has 5 rings (SSSR count). The summed E-state index contributed by atoms with van der Waals surface area (Å²) >= 11 is 0. The highest BCUT2D eigenvalue weighted by Gasteiger charge is 2.45. The Morgan fingerprint density at radius 3 is 2.70 bits per heavy atom. The molecule has 2 aromatic carbocycles. The quantitative estimate of drug-likeness (QED) is 0.624. The van der Waals surface area contributed by atoms with Crippen molar-refractivity contribution in [2.45, 2.75) is 45.1 Å². The number of aliphatic hydroxyl groups is 1. The molecule has 1 N–H and O–H groups in total. The van der Waals surface area contributed by atoms with Crippen molar-refractivity contribution in [3.8, 4) is 5.69 Å². The first-order valence-electron chi connectivity index (χ1n) is 10.8. The first-order chi connectivity index (χ1) is 14.5. The van der Waals surface area contributed by atoms with Gasteiger partial charge >= 0.3 is 0 Å². The molecule has 30 heavy (non-hydrogen) atoms. The molecule has 0 spiro atoms. The number of rotatable bonds is 5. The van der Waals surface area contributed by atoms with Crippen LogP contribution in [-0.2, 0) is 12.8 Å². The van der Waals surface area contributed by atoms with Gasteiger partial charge in [0.25, 0.3) is 0 Å². The van der Waals surface area contributed by atoms with Gasteiger partial charge in [0, 0.05) is 0 Å². The molecular weight excluding hydrogens is 375 g/mol. The van der Waals surface area contributed by atoms with Gasteiger partial charge in [-0.05, 0) is 84.9 Å². The Hall–Kier alpha value is -2.72. The molecule has 1 saturated carbocycles. The summed E-state index contributed by atoms with van der Waals surface area (Å²) in [6.45, 7) is 2.35. The fourth-order valence-electron chi connectivity index (χ4n) is 5.40. The number of hydrogen-bond donors (Lipinski definition) is 1. The molecule has 3 aromatic rings. The summed E-state index contributed by atoms with van der Waals surface area (Å²) < 4.78 is 15.2. The van der Waals surface area contributed by atoms with Gasteiger partial charge in [-0.15, -0.1) is 0 Å². The second-order valence-electron chi connectivity index (χ2n) is 9.02. The van der Waals surface area contributed by atoms with Crippen molar-refractivity contribution in [2.24, 2.45) is 11.3 Å². The van der Waals surface area contributed by atoms with Crippen LogP contribution in [-0.4, -0.2) is 21.0 Å². The van der Waals surface area contributed by atoms with Crippen LogP contribution in [0.2, 0.25) is 0 Å². The van der Waals surface area contributed by atoms with E-state index in [1.807, 2.05) is 29.1 Å². The van der Waals surface area contributed by atoms with Crippen molar-refractivity contribution in [1.82, 2.24) is 9.78 Å². The van der Waals surface area contributed by atoms with Gasteiger partial charge in [-0.1, -0.05) is 42.8 Å². The van der Waals surface area contributed by atoms with E-state index in [0.29, 0.717) is 12.3 Å². The molecule has 3 atom stereocenters. The molecule has 4 heteroatoms. The summed E-state index contributed by atoms with van der Waals surface area (Å²) in [6.07, 6.45) is 8.57. The molecule has 1 heterocycles. The largest absolute Gasteiger partial charge is 0.393 e. The maximum Gasteiger partial charge on any atom is 0.123 e. The van der Waals surface area contributed by atoms with Gasteiger partial charge in [0.1, 0.15) is 5.82 Å². The van der Waals surface area contributed by atoms with Gasteiger partial charge in [-0.3, -0.25) is 0 Å². The molecule has 0 aliphatic heterocycles. The number of hydrogen-bond acceptors (Lipinski definition) is 2. The van der Waals surface area contributed by atoms with Gasteiger partial charge < -0.3 is 5.11 Å². The highest BCUT2D eigenvalue weighted by Crippen LogP contribution is 2.54. The Morgan fingerprint density at radius 1 is 1.17 bits per heavy atom. The zero-order chi connectivity index (χ0) is 20.7. The SMILES string of the molecule is C[C@]12Cc3cnn(-c4ccc(F)cc4)c3C=C1CC[C@@H]2C[C@H](O)Cc1ccccc1. The summed E-state index contributed by atoms with van der Waals surface area (Å²) in [7, 11) is 0. The van der Waals surface area contributed by atoms with Crippen LogP contribution < -0.4 is 0 Å². The third kappa shape index (κ3) is 3.39. The number of aromatic nitrogens is 2. The van der Waals surface area contributed by atoms with Crippen molar-refractivity contribution in [1.29, 1.82) is 0 Å². The Bertz CT molecular complexity index is 1070. The summed E-state index contributed by atoms with van der Waals surface area (Å²) in [4.78, 5) is 0. The number of halogens is 1. The topological polar surface area (TPSA) is 38.0 Å². The predicted octanol–water partition coefficient (Wildman–Crippen LogP) is 5.36. The molecule has 3 nitrogen and oxygen atoms in total. The van der Waals surface area contributed by atoms with Crippen LogP contribution in [0.3, 0.4) is 0 Å². The van der Waals surface area contributed by atoms with Crippen molar-refractivity contribution in [3.63, 3.8) is 0 Å². The second kappa shape index (κ2) is 7.51. The Labute approximate surface area is 176 Å². The number of nitrogens with zero attached hydrogens (tertiary/aromatic N) is 2. The average molecular weight is 403 g/mol. The molecule has 154 valence electrons. The van der Waals surface area contributed by atoms with Crippen LogP contribution in [0, 0.1) is 17.2 Å². The molecule has 0 unspecified atom stereocenters. The Balaban J connectivity index is 1.37. The first kappa shape index (κ1) is 19.3. The molecule has 2 aliphatic rings. The fraction of sp³-hybridized carbons (Fsp3) is 0.346. The molecule has 1 aromatic heterocycles. The van der Waals surface area contributed by atoms with Crippen LogP contribution in [0.1, 0.15) is 43.0 Å². The zero-order valence-electron chi connectivity index (χ0n) is 17.3. The molecule has 2 aliphatic carbocycles. The molecule has 0 bridgehead atoms. The third-order valence-electron chi connectivity index (χ3n) is 7.09. The molecule has 1 fully saturated rings. The molecule has 0 radical (unpaired) electrons. The lowest BCUT2D eigenvalue weighted by Crippen LogP contribution is -2.31. The number of allylic oxidation sites excluding steroid dienone is 1. The monoisotopic (exact) mass is 402 g/mol. The van der Waals surface area contributed by atoms with Crippen molar-refractivity contribution in [2.75, 3.05) is 0 Å². The van der Waals surface area contributed by atoms with E-state index in [0.717, 1.165) is 37.1 Å². The van der Waals surface area contributed by atoms with Crippen LogP contribution >= 0.6 is 0 Å². The van der Waals surface area contributed by atoms with Gasteiger partial charge in [0.05, 0.1) is 23.7 Å². The van der Waals surface area contributed by atoms with Crippen LogP contribution in [0.5, 0.6) is 0 Å². The van der Waals surface area contributed by atoms with Crippen molar-refractivity contribution in [3.05, 3.63) is 89.0 Å². The summed E-state index contributed by atoms with van der Waals surface area (Å²) in [5.74, 6) is 0.225. The van der Waals surface area contributed by atoms with E-state index in [1.165, 1.54) is 28.8 Å². The minimum Gasteiger partial charge on any atom is -0.393 e. The highest BCUT2D eigenvalue weighted by molar-refractivity contribution is 5.61. The van der Waals surface area contributed by atoms with Gasteiger partial charge in [0.15, 0.2) is 0 Å². The van der Waals surface area contributed by atoms with Crippen molar-refractivity contribution >= 4 is 6.08 Å². The molecular formula is C26H27FN2O. The van der Waals surface area contributed by atoms with E-state index in [4.69, 9.17) is 0 Å². The van der Waals surface area contributed by atoms with E-state index in [-0.39, 0.29) is 17.3 Å². The van der Waals surface area contributed by atoms with Gasteiger partial charge in [0.2, 0.25) is 0 Å². The third-order valence-corrected chi connectivity index (χ3v) is 7.09. The summed E-state index contributed by atoms with van der Waals surface area (Å²) in [5.41, 5.74) is 5.94. The fourth-order valence-corrected chi connectivity index (χ4v) is 5.40. The van der Waals surface area contributed by atoms with Crippen LogP contribution in [0.15, 0.2) is 66.4 Å². The normalized spacial score (nSPS) is 23.6. The van der Waals surface area contributed by atoms with E-state index >= 15 is 0 Å². The molecule has 0 saturated heterocycles. The number of aliphatic hydroxyl groups excluding tert-OH is 1. The smallest absolute Gasteiger partial charge is 0.123 e.